The molecule has 2 aromatic rings. The van der Waals surface area contributed by atoms with Crippen molar-refractivity contribution in [3.8, 4) is 11.5 Å². The van der Waals surface area contributed by atoms with E-state index in [1.807, 2.05) is 0 Å². The van der Waals surface area contributed by atoms with Gasteiger partial charge in [0.1, 0.15) is 17.9 Å². The molecule has 0 atom stereocenters. The fraction of sp³-hybridized carbons (Fsp3) is 0.143. The van der Waals surface area contributed by atoms with Gasteiger partial charge in [-0.15, -0.1) is 0 Å². The number of esters is 4. The third kappa shape index (κ3) is 6.32. The number of ether oxygens (including phenoxy) is 4. The molecule has 31 heavy (non-hydrogen) atoms. The van der Waals surface area contributed by atoms with Crippen molar-refractivity contribution in [2.45, 2.75) is 6.42 Å². The highest BCUT2D eigenvalue weighted by Crippen LogP contribution is 2.16. The van der Waals surface area contributed by atoms with Crippen molar-refractivity contribution < 1.29 is 47.7 Å². The van der Waals surface area contributed by atoms with Gasteiger partial charge < -0.3 is 18.9 Å². The molecule has 0 amide bonds. The maximum Gasteiger partial charge on any atom is 0.379 e. The molecule has 0 N–H and O–H groups in total. The number of carbonyl (C=O) groups is 6. The van der Waals surface area contributed by atoms with Gasteiger partial charge in [0, 0.05) is 11.1 Å². The number of carbonyl (C=O) groups excluding carboxylic acids is 6. The van der Waals surface area contributed by atoms with Crippen LogP contribution < -0.4 is 9.47 Å². The van der Waals surface area contributed by atoms with Crippen LogP contribution in [0.25, 0.3) is 0 Å². The van der Waals surface area contributed by atoms with Crippen LogP contribution >= 0.6 is 0 Å². The lowest BCUT2D eigenvalue weighted by molar-refractivity contribution is -0.144. The lowest BCUT2D eigenvalue weighted by atomic mass is 10.1. The monoisotopic (exact) mass is 428 g/mol. The molecule has 0 fully saturated rings. The van der Waals surface area contributed by atoms with Crippen LogP contribution in [0.4, 0.5) is 0 Å². The van der Waals surface area contributed by atoms with E-state index in [1.165, 1.54) is 48.5 Å². The number of methoxy groups -OCH3 is 2. The molecule has 0 saturated carbocycles. The molecule has 0 aliphatic heterocycles. The van der Waals surface area contributed by atoms with E-state index in [0.717, 1.165) is 14.2 Å². The van der Waals surface area contributed by atoms with E-state index in [2.05, 4.69) is 9.47 Å². The van der Waals surface area contributed by atoms with Gasteiger partial charge in [0.05, 0.1) is 14.2 Å². The van der Waals surface area contributed by atoms with Crippen molar-refractivity contribution >= 4 is 35.4 Å². The molecule has 10 nitrogen and oxygen atoms in total. The Hall–Kier alpha value is -4.34. The van der Waals surface area contributed by atoms with Crippen LogP contribution in [-0.4, -0.2) is 49.7 Å². The molecule has 0 bridgehead atoms. The Kier molecular flexibility index (Phi) is 7.73. The van der Waals surface area contributed by atoms with E-state index < -0.39 is 41.9 Å². The van der Waals surface area contributed by atoms with E-state index in [0.29, 0.717) is 0 Å². The van der Waals surface area contributed by atoms with Gasteiger partial charge in [0.25, 0.3) is 11.6 Å². The molecule has 0 aliphatic carbocycles. The number of benzene rings is 2. The molecule has 0 aliphatic rings. The first kappa shape index (κ1) is 22.9. The number of ketones is 2. The van der Waals surface area contributed by atoms with Crippen molar-refractivity contribution in [3.63, 3.8) is 0 Å². The average molecular weight is 428 g/mol. The SMILES string of the molecule is COC(=O)C(=O)c1ccc(OC(=O)CC(=O)Oc2ccc(C(=O)C(=O)OC)cc2)cc1. The van der Waals surface area contributed by atoms with Gasteiger partial charge in [-0.1, -0.05) is 0 Å². The van der Waals surface area contributed by atoms with Crippen LogP contribution in [0.2, 0.25) is 0 Å². The molecule has 0 saturated heterocycles. The second-order valence-corrected chi connectivity index (χ2v) is 5.82. The predicted molar refractivity (Wildman–Crippen MR) is 101 cm³/mol. The van der Waals surface area contributed by atoms with Crippen LogP contribution in [0.3, 0.4) is 0 Å². The van der Waals surface area contributed by atoms with Gasteiger partial charge in [0.2, 0.25) is 0 Å². The van der Waals surface area contributed by atoms with Crippen molar-refractivity contribution in [2.24, 2.45) is 0 Å². The molecule has 0 spiro atoms. The summed E-state index contributed by atoms with van der Waals surface area (Å²) in [6.07, 6.45) is -0.717. The minimum Gasteiger partial charge on any atom is -0.463 e. The Morgan fingerprint density at radius 2 is 0.903 bits per heavy atom. The Bertz CT molecular complexity index is 936. The summed E-state index contributed by atoms with van der Waals surface area (Å²) in [5.41, 5.74) is 0.0837. The summed E-state index contributed by atoms with van der Waals surface area (Å²) in [6, 6.07) is 10.1. The van der Waals surface area contributed by atoms with E-state index in [1.54, 1.807) is 0 Å². The zero-order valence-electron chi connectivity index (χ0n) is 16.4. The first-order valence-corrected chi connectivity index (χ1v) is 8.62. The highest BCUT2D eigenvalue weighted by atomic mass is 16.6. The largest absolute Gasteiger partial charge is 0.463 e. The maximum absolute atomic E-state index is 11.9. The summed E-state index contributed by atoms with van der Waals surface area (Å²) in [4.78, 5) is 69.4. The summed E-state index contributed by atoms with van der Waals surface area (Å²) in [7, 11) is 2.15. The van der Waals surface area contributed by atoms with Gasteiger partial charge in [-0.25, -0.2) is 9.59 Å². The molecular formula is C21H16O10. The van der Waals surface area contributed by atoms with Crippen LogP contribution in [0.5, 0.6) is 11.5 Å². The molecule has 0 unspecified atom stereocenters. The van der Waals surface area contributed by atoms with E-state index in [4.69, 9.17) is 9.47 Å². The molecule has 10 heteroatoms. The Morgan fingerprint density at radius 1 is 0.581 bits per heavy atom. The first-order valence-electron chi connectivity index (χ1n) is 8.62. The zero-order chi connectivity index (χ0) is 23.0. The average Bonchev–Trinajstić information content (AvgIpc) is 2.77. The van der Waals surface area contributed by atoms with E-state index in [9.17, 15) is 28.8 Å². The minimum absolute atomic E-state index is 0.0418. The summed E-state index contributed by atoms with van der Waals surface area (Å²) in [5, 5.41) is 0. The molecule has 160 valence electrons. The smallest absolute Gasteiger partial charge is 0.379 e. The molecule has 0 radical (unpaired) electrons. The second-order valence-electron chi connectivity index (χ2n) is 5.82. The second kappa shape index (κ2) is 10.4. The highest BCUT2D eigenvalue weighted by molar-refractivity contribution is 6.41. The summed E-state index contributed by atoms with van der Waals surface area (Å²) < 4.78 is 18.6. The quantitative estimate of drug-likeness (QED) is 0.199. The van der Waals surface area contributed by atoms with Crippen LogP contribution in [0.1, 0.15) is 27.1 Å². The Balaban J connectivity index is 1.89. The lowest BCUT2D eigenvalue weighted by Crippen LogP contribution is -2.18. The van der Waals surface area contributed by atoms with Crippen LogP contribution in [0, 0.1) is 0 Å². The van der Waals surface area contributed by atoms with Gasteiger partial charge in [-0.3, -0.25) is 19.2 Å². The number of hydrogen-bond acceptors (Lipinski definition) is 10. The molecule has 2 rings (SSSR count). The molecule has 2 aromatic carbocycles. The Labute approximate surface area is 175 Å². The molecular weight excluding hydrogens is 412 g/mol. The van der Waals surface area contributed by atoms with Crippen LogP contribution in [0.15, 0.2) is 48.5 Å². The van der Waals surface area contributed by atoms with Crippen molar-refractivity contribution in [3.05, 3.63) is 59.7 Å². The first-order chi connectivity index (χ1) is 14.7. The van der Waals surface area contributed by atoms with Crippen molar-refractivity contribution in [1.82, 2.24) is 0 Å². The zero-order valence-corrected chi connectivity index (χ0v) is 16.4. The Morgan fingerprint density at radius 3 is 1.19 bits per heavy atom. The van der Waals surface area contributed by atoms with Crippen molar-refractivity contribution in [2.75, 3.05) is 14.2 Å². The lowest BCUT2D eigenvalue weighted by Gasteiger charge is -2.06. The van der Waals surface area contributed by atoms with E-state index in [-0.39, 0.29) is 22.6 Å². The number of Topliss-reactive ketones (excluding diaryl/α,β-unsaturated/α-hetero) is 2. The fourth-order valence-electron chi connectivity index (χ4n) is 2.22. The minimum atomic E-state index is -1.03. The predicted octanol–water partition coefficient (Wildman–Crippen LogP) is 1.30. The summed E-state index contributed by atoms with van der Waals surface area (Å²) in [6.45, 7) is 0. The normalized spacial score (nSPS) is 9.87. The summed E-state index contributed by atoms with van der Waals surface area (Å²) in [5.74, 6) is -5.53. The van der Waals surface area contributed by atoms with Crippen molar-refractivity contribution in [1.29, 1.82) is 0 Å². The topological polar surface area (TPSA) is 139 Å². The molecule has 0 heterocycles. The maximum atomic E-state index is 11.9. The third-order valence-electron chi connectivity index (χ3n) is 3.73. The summed E-state index contributed by atoms with van der Waals surface area (Å²) >= 11 is 0. The third-order valence-corrected chi connectivity index (χ3v) is 3.73. The molecule has 0 aromatic heterocycles. The number of hydrogen-bond donors (Lipinski definition) is 0. The highest BCUT2D eigenvalue weighted by Gasteiger charge is 2.19. The standard InChI is InChI=1S/C21H16O10/c1-28-20(26)18(24)12-3-7-14(8-4-12)30-16(22)11-17(23)31-15-9-5-13(6-10-15)19(25)21(27)29-2/h3-10H,11H2,1-2H3. The van der Waals surface area contributed by atoms with Gasteiger partial charge in [-0.05, 0) is 48.5 Å². The van der Waals surface area contributed by atoms with Gasteiger partial charge in [-0.2, -0.15) is 0 Å². The van der Waals surface area contributed by atoms with Gasteiger partial charge >= 0.3 is 23.9 Å². The fourth-order valence-corrected chi connectivity index (χ4v) is 2.22. The van der Waals surface area contributed by atoms with E-state index >= 15 is 0 Å². The number of rotatable bonds is 8. The van der Waals surface area contributed by atoms with Gasteiger partial charge in [0.15, 0.2) is 0 Å². The van der Waals surface area contributed by atoms with Crippen LogP contribution in [-0.2, 0) is 28.7 Å².